The normalized spacial score (nSPS) is 17.4. The number of hydrogen-bond donors (Lipinski definition) is 1. The summed E-state index contributed by atoms with van der Waals surface area (Å²) in [6.07, 6.45) is 2.14. The number of imidazole rings is 1. The lowest BCUT2D eigenvalue weighted by atomic mass is 10.0. The molecule has 3 rings (SSSR count). The Bertz CT molecular complexity index is 664. The lowest BCUT2D eigenvalue weighted by molar-refractivity contribution is 0.355. The quantitative estimate of drug-likeness (QED) is 0.943. The average molecular weight is 287 g/mol. The molecule has 0 amide bonds. The van der Waals surface area contributed by atoms with E-state index in [0.29, 0.717) is 17.4 Å². The molecule has 0 spiro atoms. The van der Waals surface area contributed by atoms with Gasteiger partial charge in [-0.25, -0.2) is 4.98 Å². The second kappa shape index (κ2) is 5.31. The van der Waals surface area contributed by atoms with Gasteiger partial charge in [0.25, 0.3) is 0 Å². The number of nitrogens with zero attached hydrogens (tertiary/aromatic N) is 2. The van der Waals surface area contributed by atoms with E-state index < -0.39 is 0 Å². The van der Waals surface area contributed by atoms with Gasteiger partial charge in [0.05, 0.1) is 14.2 Å². The molecule has 1 atom stereocenters. The molecule has 1 unspecified atom stereocenters. The zero-order chi connectivity index (χ0) is 15.0. The van der Waals surface area contributed by atoms with Crippen LogP contribution in [0.1, 0.15) is 19.2 Å². The SMILES string of the molecule is COc1ccc(-c2nc3n(c2N)CCC(C)C3)cc1OC. The van der Waals surface area contributed by atoms with Crippen molar-refractivity contribution in [1.82, 2.24) is 9.55 Å². The molecule has 0 bridgehead atoms. The van der Waals surface area contributed by atoms with Crippen LogP contribution in [0.4, 0.5) is 5.82 Å². The fourth-order valence-corrected chi connectivity index (χ4v) is 2.88. The maximum Gasteiger partial charge on any atom is 0.161 e. The first-order valence-electron chi connectivity index (χ1n) is 7.21. The van der Waals surface area contributed by atoms with Crippen molar-refractivity contribution in [2.45, 2.75) is 26.3 Å². The maximum atomic E-state index is 6.29. The Morgan fingerprint density at radius 2 is 2.00 bits per heavy atom. The van der Waals surface area contributed by atoms with Crippen LogP contribution in [0.3, 0.4) is 0 Å². The number of rotatable bonds is 3. The summed E-state index contributed by atoms with van der Waals surface area (Å²) in [5.74, 6) is 3.88. The Morgan fingerprint density at radius 1 is 1.24 bits per heavy atom. The minimum Gasteiger partial charge on any atom is -0.493 e. The molecule has 0 radical (unpaired) electrons. The fourth-order valence-electron chi connectivity index (χ4n) is 2.88. The van der Waals surface area contributed by atoms with Crippen molar-refractivity contribution in [3.8, 4) is 22.8 Å². The van der Waals surface area contributed by atoms with Gasteiger partial charge >= 0.3 is 0 Å². The molecule has 1 aromatic carbocycles. The largest absolute Gasteiger partial charge is 0.493 e. The summed E-state index contributed by atoms with van der Waals surface area (Å²) in [4.78, 5) is 4.74. The van der Waals surface area contributed by atoms with Gasteiger partial charge in [0.1, 0.15) is 17.3 Å². The van der Waals surface area contributed by atoms with Crippen molar-refractivity contribution in [3.63, 3.8) is 0 Å². The molecule has 0 aliphatic carbocycles. The topological polar surface area (TPSA) is 62.3 Å². The Hall–Kier alpha value is -2.17. The van der Waals surface area contributed by atoms with E-state index in [9.17, 15) is 0 Å². The molecule has 5 heteroatoms. The first kappa shape index (κ1) is 13.8. The van der Waals surface area contributed by atoms with E-state index in [0.717, 1.165) is 42.3 Å². The van der Waals surface area contributed by atoms with Crippen molar-refractivity contribution >= 4 is 5.82 Å². The van der Waals surface area contributed by atoms with E-state index in [2.05, 4.69) is 11.5 Å². The number of nitrogen functional groups attached to an aromatic ring is 1. The Labute approximate surface area is 124 Å². The smallest absolute Gasteiger partial charge is 0.161 e. The molecule has 1 aliphatic heterocycles. The highest BCUT2D eigenvalue weighted by Crippen LogP contribution is 2.36. The minimum absolute atomic E-state index is 0.664. The van der Waals surface area contributed by atoms with E-state index in [4.69, 9.17) is 20.2 Å². The summed E-state index contributed by atoms with van der Waals surface area (Å²) in [5, 5.41) is 0. The van der Waals surface area contributed by atoms with Gasteiger partial charge < -0.3 is 19.8 Å². The average Bonchev–Trinajstić information content (AvgIpc) is 2.82. The summed E-state index contributed by atoms with van der Waals surface area (Å²) >= 11 is 0. The van der Waals surface area contributed by atoms with Crippen LogP contribution in [0.5, 0.6) is 11.5 Å². The van der Waals surface area contributed by atoms with Crippen molar-refractivity contribution in [3.05, 3.63) is 24.0 Å². The van der Waals surface area contributed by atoms with Gasteiger partial charge in [-0.05, 0) is 30.5 Å². The molecule has 0 saturated carbocycles. The highest BCUT2D eigenvalue weighted by molar-refractivity contribution is 5.73. The first-order chi connectivity index (χ1) is 10.1. The monoisotopic (exact) mass is 287 g/mol. The number of aromatic nitrogens is 2. The van der Waals surface area contributed by atoms with Gasteiger partial charge in [-0.3, -0.25) is 0 Å². The van der Waals surface area contributed by atoms with Crippen molar-refractivity contribution < 1.29 is 9.47 Å². The van der Waals surface area contributed by atoms with Gasteiger partial charge in [0, 0.05) is 18.5 Å². The highest BCUT2D eigenvalue weighted by Gasteiger charge is 2.22. The Kier molecular flexibility index (Phi) is 3.49. The van der Waals surface area contributed by atoms with Crippen LogP contribution >= 0.6 is 0 Å². The number of nitrogens with two attached hydrogens (primary N) is 1. The van der Waals surface area contributed by atoms with E-state index in [1.165, 1.54) is 0 Å². The van der Waals surface area contributed by atoms with Crippen LogP contribution in [0.15, 0.2) is 18.2 Å². The summed E-state index contributed by atoms with van der Waals surface area (Å²) in [6, 6.07) is 5.77. The number of methoxy groups -OCH3 is 2. The van der Waals surface area contributed by atoms with E-state index in [1.54, 1.807) is 14.2 Å². The number of benzene rings is 1. The lowest BCUT2D eigenvalue weighted by Gasteiger charge is -2.20. The van der Waals surface area contributed by atoms with Gasteiger partial charge in [-0.2, -0.15) is 0 Å². The van der Waals surface area contributed by atoms with Crippen molar-refractivity contribution in [2.75, 3.05) is 20.0 Å². The van der Waals surface area contributed by atoms with Crippen LogP contribution in [0.25, 0.3) is 11.3 Å². The third-order valence-electron chi connectivity index (χ3n) is 4.12. The van der Waals surface area contributed by atoms with Gasteiger partial charge in [-0.1, -0.05) is 6.92 Å². The molecular formula is C16H21N3O2. The standard InChI is InChI=1S/C16H21N3O2/c1-10-6-7-19-14(8-10)18-15(16(19)17)11-4-5-12(20-2)13(9-11)21-3/h4-5,9-10H,6-8,17H2,1-3H3. The third kappa shape index (κ3) is 2.33. The lowest BCUT2D eigenvalue weighted by Crippen LogP contribution is -2.18. The van der Waals surface area contributed by atoms with E-state index >= 15 is 0 Å². The van der Waals surface area contributed by atoms with E-state index in [-0.39, 0.29) is 0 Å². The molecule has 0 saturated heterocycles. The molecule has 2 N–H and O–H groups in total. The molecule has 21 heavy (non-hydrogen) atoms. The summed E-state index contributed by atoms with van der Waals surface area (Å²) in [7, 11) is 3.26. The van der Waals surface area contributed by atoms with Crippen molar-refractivity contribution in [1.29, 1.82) is 0 Å². The molecule has 112 valence electrons. The summed E-state index contributed by atoms with van der Waals surface area (Å²) in [6.45, 7) is 3.20. The van der Waals surface area contributed by atoms with Gasteiger partial charge in [0.2, 0.25) is 0 Å². The first-order valence-corrected chi connectivity index (χ1v) is 7.21. The minimum atomic E-state index is 0.664. The third-order valence-corrected chi connectivity index (χ3v) is 4.12. The zero-order valence-corrected chi connectivity index (χ0v) is 12.7. The second-order valence-corrected chi connectivity index (χ2v) is 5.58. The number of anilines is 1. The second-order valence-electron chi connectivity index (χ2n) is 5.58. The molecule has 2 aromatic rings. The number of ether oxygens (including phenoxy) is 2. The summed E-state index contributed by atoms with van der Waals surface area (Å²) < 4.78 is 12.8. The summed E-state index contributed by atoms with van der Waals surface area (Å²) in [5.41, 5.74) is 8.08. The molecular weight excluding hydrogens is 266 g/mol. The van der Waals surface area contributed by atoms with Crippen LogP contribution in [-0.4, -0.2) is 23.8 Å². The van der Waals surface area contributed by atoms with Crippen LogP contribution < -0.4 is 15.2 Å². The predicted octanol–water partition coefficient (Wildman–Crippen LogP) is 2.73. The van der Waals surface area contributed by atoms with Crippen molar-refractivity contribution in [2.24, 2.45) is 5.92 Å². The Morgan fingerprint density at radius 3 is 2.71 bits per heavy atom. The van der Waals surface area contributed by atoms with Gasteiger partial charge in [0.15, 0.2) is 11.5 Å². The fraction of sp³-hybridized carbons (Fsp3) is 0.438. The number of fused-ring (bicyclic) bond motifs is 1. The predicted molar refractivity (Wildman–Crippen MR) is 82.7 cm³/mol. The molecule has 1 aliphatic rings. The molecule has 0 fully saturated rings. The van der Waals surface area contributed by atoms with Crippen LogP contribution in [0.2, 0.25) is 0 Å². The van der Waals surface area contributed by atoms with Crippen LogP contribution in [-0.2, 0) is 13.0 Å². The highest BCUT2D eigenvalue weighted by atomic mass is 16.5. The zero-order valence-electron chi connectivity index (χ0n) is 12.7. The Balaban J connectivity index is 2.05. The number of hydrogen-bond acceptors (Lipinski definition) is 4. The molecule has 1 aromatic heterocycles. The van der Waals surface area contributed by atoms with Gasteiger partial charge in [-0.15, -0.1) is 0 Å². The molecule has 5 nitrogen and oxygen atoms in total. The van der Waals surface area contributed by atoms with E-state index in [1.807, 2.05) is 18.2 Å². The maximum absolute atomic E-state index is 6.29. The molecule has 2 heterocycles. The van der Waals surface area contributed by atoms with Crippen LogP contribution in [0, 0.1) is 5.92 Å².